The molecular formula is C20H33N3O2. The van der Waals surface area contributed by atoms with Gasteiger partial charge in [-0.2, -0.15) is 0 Å². The van der Waals surface area contributed by atoms with Crippen molar-refractivity contribution in [1.29, 1.82) is 0 Å². The van der Waals surface area contributed by atoms with E-state index in [1.54, 1.807) is 0 Å². The molecule has 2 aliphatic rings. The van der Waals surface area contributed by atoms with Crippen molar-refractivity contribution in [3.63, 3.8) is 0 Å². The Hall–Kier alpha value is -1.33. The van der Waals surface area contributed by atoms with Crippen LogP contribution in [0.5, 0.6) is 0 Å². The highest BCUT2D eigenvalue weighted by molar-refractivity contribution is 5.94. The number of nitrogens with zero attached hydrogens (tertiary/aromatic N) is 3. The van der Waals surface area contributed by atoms with Crippen LogP contribution in [0.2, 0.25) is 0 Å². The minimum atomic E-state index is 0.00917. The molecule has 2 fully saturated rings. The maximum Gasteiger partial charge on any atom is 0.255 e. The second kappa shape index (κ2) is 7.12. The molecule has 0 unspecified atom stereocenters. The third kappa shape index (κ3) is 4.26. The van der Waals surface area contributed by atoms with Gasteiger partial charge < -0.3 is 14.2 Å². The fraction of sp³-hybridized carbons (Fsp3) is 0.750. The Balaban J connectivity index is 1.57. The van der Waals surface area contributed by atoms with Crippen LogP contribution in [0.3, 0.4) is 0 Å². The van der Waals surface area contributed by atoms with Crippen LogP contribution in [0, 0.1) is 0 Å². The minimum Gasteiger partial charge on any atom is -0.373 e. The number of hydrogen-bond acceptors (Lipinski definition) is 3. The summed E-state index contributed by atoms with van der Waals surface area (Å²) >= 11 is 0. The standard InChI is InChI=1S/C20H33N3O2/c1-15-12-22(13-16(2)25-15)18-7-9-21(10-8-18)19(24)17-6-11-23(14-17)20(3,4)5/h6,11,14-16,18H,7-10,12-13H2,1-5H3/t15-,16+. The van der Waals surface area contributed by atoms with Gasteiger partial charge in [0, 0.05) is 50.2 Å². The minimum absolute atomic E-state index is 0.00917. The number of ether oxygens (including phenoxy) is 1. The lowest BCUT2D eigenvalue weighted by Gasteiger charge is -2.43. The second-order valence-corrected chi connectivity index (χ2v) is 8.71. The zero-order valence-electron chi connectivity index (χ0n) is 16.4. The van der Waals surface area contributed by atoms with Crippen molar-refractivity contribution < 1.29 is 9.53 Å². The number of carbonyl (C=O) groups excluding carboxylic acids is 1. The van der Waals surface area contributed by atoms with Gasteiger partial charge in [0.15, 0.2) is 0 Å². The van der Waals surface area contributed by atoms with Gasteiger partial charge in [0.2, 0.25) is 0 Å². The van der Waals surface area contributed by atoms with Gasteiger partial charge in [-0.05, 0) is 53.5 Å². The van der Waals surface area contributed by atoms with E-state index in [1.165, 1.54) is 0 Å². The molecule has 3 heterocycles. The van der Waals surface area contributed by atoms with Gasteiger partial charge in [-0.3, -0.25) is 9.69 Å². The van der Waals surface area contributed by atoms with Gasteiger partial charge in [0.25, 0.3) is 5.91 Å². The first kappa shape index (κ1) is 18.5. The van der Waals surface area contributed by atoms with Crippen LogP contribution in [0.25, 0.3) is 0 Å². The molecule has 0 bridgehead atoms. The summed E-state index contributed by atoms with van der Waals surface area (Å²) in [6.45, 7) is 14.5. The first-order chi connectivity index (χ1) is 11.7. The number of hydrogen-bond donors (Lipinski definition) is 0. The maximum atomic E-state index is 12.8. The van der Waals surface area contributed by atoms with Crippen molar-refractivity contribution in [2.75, 3.05) is 26.2 Å². The molecule has 2 atom stereocenters. The molecule has 2 saturated heterocycles. The fourth-order valence-corrected chi connectivity index (χ4v) is 4.07. The van der Waals surface area contributed by atoms with E-state index in [0.717, 1.165) is 44.6 Å². The predicted octanol–water partition coefficient (Wildman–Crippen LogP) is 2.96. The lowest BCUT2D eigenvalue weighted by Crippen LogP contribution is -2.53. The van der Waals surface area contributed by atoms with Crippen LogP contribution < -0.4 is 0 Å². The molecular weight excluding hydrogens is 314 g/mol. The Morgan fingerprint density at radius 2 is 1.72 bits per heavy atom. The summed E-state index contributed by atoms with van der Waals surface area (Å²) in [5, 5.41) is 0. The Kier molecular flexibility index (Phi) is 5.26. The SMILES string of the molecule is C[C@@H]1CN(C2CCN(C(=O)c3ccn(C(C)(C)C)c3)CC2)C[C@H](C)O1. The van der Waals surface area contributed by atoms with E-state index in [9.17, 15) is 4.79 Å². The summed E-state index contributed by atoms with van der Waals surface area (Å²) in [4.78, 5) is 17.4. The molecule has 5 heteroatoms. The lowest BCUT2D eigenvalue weighted by molar-refractivity contribution is -0.0856. The second-order valence-electron chi connectivity index (χ2n) is 8.71. The smallest absolute Gasteiger partial charge is 0.255 e. The molecule has 140 valence electrons. The fourth-order valence-electron chi connectivity index (χ4n) is 4.07. The summed E-state index contributed by atoms with van der Waals surface area (Å²) in [7, 11) is 0. The average molecular weight is 348 g/mol. The number of amides is 1. The quantitative estimate of drug-likeness (QED) is 0.825. The molecule has 0 aromatic carbocycles. The summed E-state index contributed by atoms with van der Waals surface area (Å²) in [5.41, 5.74) is 0.817. The Morgan fingerprint density at radius 3 is 2.24 bits per heavy atom. The number of likely N-dealkylation sites (tertiary alicyclic amines) is 1. The van der Waals surface area contributed by atoms with Crippen molar-refractivity contribution in [1.82, 2.24) is 14.4 Å². The monoisotopic (exact) mass is 347 g/mol. The van der Waals surface area contributed by atoms with E-state index in [-0.39, 0.29) is 11.4 Å². The summed E-state index contributed by atoms with van der Waals surface area (Å²) in [6.07, 6.45) is 6.73. The van der Waals surface area contributed by atoms with Crippen LogP contribution in [-0.4, -0.2) is 64.7 Å². The van der Waals surface area contributed by atoms with E-state index in [0.29, 0.717) is 18.2 Å². The summed E-state index contributed by atoms with van der Waals surface area (Å²) in [6, 6.07) is 2.53. The number of carbonyl (C=O) groups is 1. The highest BCUT2D eigenvalue weighted by Crippen LogP contribution is 2.23. The predicted molar refractivity (Wildman–Crippen MR) is 99.9 cm³/mol. The van der Waals surface area contributed by atoms with E-state index in [1.807, 2.05) is 23.4 Å². The molecule has 1 amide bonds. The van der Waals surface area contributed by atoms with E-state index in [4.69, 9.17) is 4.74 Å². The highest BCUT2D eigenvalue weighted by Gasteiger charge is 2.32. The average Bonchev–Trinajstić information content (AvgIpc) is 3.03. The molecule has 2 aliphatic heterocycles. The topological polar surface area (TPSA) is 37.7 Å². The molecule has 5 nitrogen and oxygen atoms in total. The van der Waals surface area contributed by atoms with E-state index in [2.05, 4.69) is 44.1 Å². The van der Waals surface area contributed by atoms with E-state index >= 15 is 0 Å². The zero-order chi connectivity index (χ0) is 18.2. The largest absolute Gasteiger partial charge is 0.373 e. The third-order valence-electron chi connectivity index (χ3n) is 5.43. The molecule has 0 N–H and O–H groups in total. The summed E-state index contributed by atoms with van der Waals surface area (Å²) in [5.74, 6) is 0.171. The molecule has 0 saturated carbocycles. The Bertz CT molecular complexity index is 586. The van der Waals surface area contributed by atoms with Crippen LogP contribution in [0.15, 0.2) is 18.5 Å². The lowest BCUT2D eigenvalue weighted by atomic mass is 10.0. The summed E-state index contributed by atoms with van der Waals surface area (Å²) < 4.78 is 7.96. The van der Waals surface area contributed by atoms with Crippen LogP contribution in [0.1, 0.15) is 57.8 Å². The van der Waals surface area contributed by atoms with Gasteiger partial charge in [-0.25, -0.2) is 0 Å². The van der Waals surface area contributed by atoms with Crippen LogP contribution in [-0.2, 0) is 10.3 Å². The zero-order valence-corrected chi connectivity index (χ0v) is 16.4. The first-order valence-electron chi connectivity index (χ1n) is 9.61. The molecule has 25 heavy (non-hydrogen) atoms. The number of rotatable bonds is 2. The van der Waals surface area contributed by atoms with Crippen molar-refractivity contribution in [3.8, 4) is 0 Å². The Labute approximate surface area is 151 Å². The van der Waals surface area contributed by atoms with Crippen LogP contribution in [0.4, 0.5) is 0 Å². The van der Waals surface area contributed by atoms with Crippen molar-refractivity contribution in [2.45, 2.75) is 71.2 Å². The molecule has 0 radical (unpaired) electrons. The van der Waals surface area contributed by atoms with Gasteiger partial charge >= 0.3 is 0 Å². The van der Waals surface area contributed by atoms with Gasteiger partial charge in [-0.1, -0.05) is 0 Å². The van der Waals surface area contributed by atoms with Crippen molar-refractivity contribution in [3.05, 3.63) is 24.0 Å². The maximum absolute atomic E-state index is 12.8. The highest BCUT2D eigenvalue weighted by atomic mass is 16.5. The number of morpholine rings is 1. The van der Waals surface area contributed by atoms with Gasteiger partial charge in [-0.15, -0.1) is 0 Å². The molecule has 1 aromatic rings. The first-order valence-corrected chi connectivity index (χ1v) is 9.61. The third-order valence-corrected chi connectivity index (χ3v) is 5.43. The van der Waals surface area contributed by atoms with Crippen molar-refractivity contribution >= 4 is 5.91 Å². The number of piperidine rings is 1. The van der Waals surface area contributed by atoms with E-state index < -0.39 is 0 Å². The molecule has 1 aromatic heterocycles. The van der Waals surface area contributed by atoms with Gasteiger partial charge in [0.05, 0.1) is 17.8 Å². The molecule has 0 spiro atoms. The van der Waals surface area contributed by atoms with Crippen molar-refractivity contribution in [2.24, 2.45) is 0 Å². The number of aromatic nitrogens is 1. The normalized spacial score (nSPS) is 26.8. The molecule has 3 rings (SSSR count). The molecule has 0 aliphatic carbocycles. The Morgan fingerprint density at radius 1 is 1.12 bits per heavy atom. The van der Waals surface area contributed by atoms with Gasteiger partial charge in [0.1, 0.15) is 0 Å². The van der Waals surface area contributed by atoms with Crippen LogP contribution >= 0.6 is 0 Å².